The molecule has 0 aliphatic heterocycles. The predicted octanol–water partition coefficient (Wildman–Crippen LogP) is 13.0. The normalized spacial score (nSPS) is 17.7. The molecule has 0 spiro atoms. The van der Waals surface area contributed by atoms with Gasteiger partial charge in [-0.25, -0.2) is 9.97 Å². The predicted molar refractivity (Wildman–Crippen MR) is 278 cm³/mol. The van der Waals surface area contributed by atoms with E-state index in [-0.39, 0.29) is 6.04 Å². The van der Waals surface area contributed by atoms with E-state index in [0.717, 1.165) is 110 Å². The number of nitrogens with zero attached hydrogens (tertiary/aromatic N) is 5. The number of furan rings is 1. The van der Waals surface area contributed by atoms with Crippen molar-refractivity contribution in [1.29, 1.82) is 0 Å². The number of allylic oxidation sites excluding steroid dienone is 5. The van der Waals surface area contributed by atoms with E-state index in [4.69, 9.17) is 14.4 Å². The molecule has 0 saturated heterocycles. The van der Waals surface area contributed by atoms with Gasteiger partial charge in [0.15, 0.2) is 0 Å². The molecular weight excluding hydrogens is 831 g/mol. The maximum atomic E-state index is 6.65. The lowest BCUT2D eigenvalue weighted by molar-refractivity contribution is 0.596. The first-order valence-corrected chi connectivity index (χ1v) is 24.9. The second-order valence-corrected chi connectivity index (χ2v) is 19.5. The van der Waals surface area contributed by atoms with Gasteiger partial charge >= 0.3 is 0 Å². The zero-order chi connectivity index (χ0) is 44.5. The third-order valence-electron chi connectivity index (χ3n) is 15.9. The molecule has 0 amide bonds. The Labute approximate surface area is 394 Å². The number of para-hydroxylation sites is 4. The van der Waals surface area contributed by atoms with Gasteiger partial charge in [-0.15, -0.1) is 0 Å². The van der Waals surface area contributed by atoms with Gasteiger partial charge in [-0.2, -0.15) is 0 Å². The molecule has 6 nitrogen and oxygen atoms in total. The van der Waals surface area contributed by atoms with Gasteiger partial charge in [-0.3, -0.25) is 4.57 Å². The Kier molecular flexibility index (Phi) is 8.42. The van der Waals surface area contributed by atoms with E-state index >= 15 is 0 Å². The minimum Gasteiger partial charge on any atom is -0.456 e. The van der Waals surface area contributed by atoms with Gasteiger partial charge in [-0.05, 0) is 142 Å². The summed E-state index contributed by atoms with van der Waals surface area (Å²) in [6.45, 7) is 0. The highest BCUT2D eigenvalue weighted by atomic mass is 16.3. The van der Waals surface area contributed by atoms with Crippen LogP contribution in [0.1, 0.15) is 101 Å². The van der Waals surface area contributed by atoms with Gasteiger partial charge in [0.25, 0.3) is 0 Å². The molecule has 5 heterocycles. The van der Waals surface area contributed by atoms with Crippen LogP contribution in [-0.4, -0.2) is 23.7 Å². The van der Waals surface area contributed by atoms with Crippen LogP contribution in [0.5, 0.6) is 0 Å². The quantitative estimate of drug-likeness (QED) is 0.173. The van der Waals surface area contributed by atoms with Crippen molar-refractivity contribution in [3.63, 3.8) is 0 Å². The monoisotopic (exact) mass is 879 g/mol. The number of benzene rings is 4. The van der Waals surface area contributed by atoms with Crippen molar-refractivity contribution in [3.8, 4) is 22.9 Å². The van der Waals surface area contributed by atoms with E-state index in [1.807, 2.05) is 0 Å². The van der Waals surface area contributed by atoms with E-state index in [0.29, 0.717) is 0 Å². The van der Waals surface area contributed by atoms with Crippen molar-refractivity contribution in [1.82, 2.24) is 23.7 Å². The molecular formula is C62H49N5O. The van der Waals surface area contributed by atoms with Crippen molar-refractivity contribution >= 4 is 75.3 Å². The molecule has 6 aliphatic carbocycles. The van der Waals surface area contributed by atoms with E-state index in [1.165, 1.54) is 94.3 Å². The standard InChI is InChI=1S/C62H49N5O/c1-2-15-40(16-3-1)65-53-25-10-6-19-44(53)51-37-41(31-34-57(51)65)66-54-26-11-5-17-42(54)49-35-38(29-32-56(49)66)39-30-33-58-50(36-39)43-18-7-12-27-55(43)67(58)62-63-52-24-9-4-21-47(52)60(64-62)48-23-14-22-46-45-20-8-13-28-59(45)68-61(46)48/h1-5,7,9-11,13-18,21-26,28,34-37,41H,6,8,12,19-20,27,29-33H2. The number of aryl methyl sites for hydroxylation is 1. The highest BCUT2D eigenvalue weighted by Crippen LogP contribution is 2.45. The van der Waals surface area contributed by atoms with Gasteiger partial charge < -0.3 is 13.6 Å². The average Bonchev–Trinajstić information content (AvgIpc) is 4.14. The summed E-state index contributed by atoms with van der Waals surface area (Å²) in [6.07, 6.45) is 35.1. The van der Waals surface area contributed by atoms with Crippen molar-refractivity contribution in [2.24, 2.45) is 0 Å². The molecule has 0 bridgehead atoms. The smallest absolute Gasteiger partial charge is 0.235 e. The third kappa shape index (κ3) is 5.64. The number of aromatic nitrogens is 5. The largest absolute Gasteiger partial charge is 0.456 e. The maximum Gasteiger partial charge on any atom is 0.235 e. The summed E-state index contributed by atoms with van der Waals surface area (Å²) in [7, 11) is 0. The fourth-order valence-corrected chi connectivity index (χ4v) is 12.9. The molecule has 15 rings (SSSR count). The topological polar surface area (TPSA) is 53.7 Å². The highest BCUT2D eigenvalue weighted by molar-refractivity contribution is 6.03. The molecule has 0 radical (unpaired) electrons. The minimum absolute atomic E-state index is 0.259. The molecule has 328 valence electrons. The van der Waals surface area contributed by atoms with Gasteiger partial charge in [0.1, 0.15) is 11.3 Å². The maximum absolute atomic E-state index is 6.65. The fourth-order valence-electron chi connectivity index (χ4n) is 12.9. The van der Waals surface area contributed by atoms with E-state index < -0.39 is 0 Å². The van der Waals surface area contributed by atoms with Crippen LogP contribution in [0.3, 0.4) is 0 Å². The summed E-state index contributed by atoms with van der Waals surface area (Å²) in [5.41, 5.74) is 21.6. The number of rotatable bonds is 5. The van der Waals surface area contributed by atoms with E-state index in [2.05, 4.69) is 172 Å². The molecule has 6 aliphatic rings. The summed E-state index contributed by atoms with van der Waals surface area (Å²) >= 11 is 0. The minimum atomic E-state index is 0.259. The number of fused-ring (bicyclic) bond motifs is 13. The second-order valence-electron chi connectivity index (χ2n) is 19.5. The number of hydrogen-bond acceptors (Lipinski definition) is 3. The van der Waals surface area contributed by atoms with E-state index in [1.54, 1.807) is 0 Å². The van der Waals surface area contributed by atoms with Gasteiger partial charge in [0.05, 0.1) is 17.3 Å². The molecule has 68 heavy (non-hydrogen) atoms. The summed E-state index contributed by atoms with van der Waals surface area (Å²) in [5.74, 6) is 1.73. The molecule has 0 N–H and O–H groups in total. The van der Waals surface area contributed by atoms with Crippen LogP contribution < -0.4 is 10.6 Å². The summed E-state index contributed by atoms with van der Waals surface area (Å²) < 4.78 is 14.3. The zero-order valence-corrected chi connectivity index (χ0v) is 38.0. The van der Waals surface area contributed by atoms with Crippen molar-refractivity contribution < 1.29 is 4.42 Å². The highest BCUT2D eigenvalue weighted by Gasteiger charge is 2.31. The Morgan fingerprint density at radius 2 is 1.29 bits per heavy atom. The van der Waals surface area contributed by atoms with Crippen molar-refractivity contribution in [2.75, 3.05) is 0 Å². The summed E-state index contributed by atoms with van der Waals surface area (Å²) in [5, 5.41) is 6.36. The van der Waals surface area contributed by atoms with Crippen molar-refractivity contribution in [3.05, 3.63) is 193 Å². The lowest BCUT2D eigenvalue weighted by Crippen LogP contribution is -2.34. The van der Waals surface area contributed by atoms with Crippen LogP contribution in [0.2, 0.25) is 0 Å². The van der Waals surface area contributed by atoms with Crippen LogP contribution in [0.15, 0.2) is 131 Å². The van der Waals surface area contributed by atoms with Gasteiger partial charge in [0, 0.05) is 88.5 Å². The van der Waals surface area contributed by atoms with Crippen molar-refractivity contribution in [2.45, 2.75) is 76.7 Å². The number of hydrogen-bond donors (Lipinski definition) is 0. The van der Waals surface area contributed by atoms with E-state index in [9.17, 15) is 0 Å². The molecule has 0 fully saturated rings. The summed E-state index contributed by atoms with van der Waals surface area (Å²) in [4.78, 5) is 10.9. The molecule has 1 unspecified atom stereocenters. The van der Waals surface area contributed by atoms with Crippen LogP contribution in [0.4, 0.5) is 0 Å². The third-order valence-corrected chi connectivity index (χ3v) is 15.9. The molecule has 9 aromatic rings. The van der Waals surface area contributed by atoms with Gasteiger partial charge in [-0.1, -0.05) is 103 Å². The average molecular weight is 880 g/mol. The molecule has 4 aromatic carbocycles. The first-order valence-electron chi connectivity index (χ1n) is 24.9. The Morgan fingerprint density at radius 3 is 2.21 bits per heavy atom. The Bertz CT molecular complexity index is 3950. The Morgan fingerprint density at radius 1 is 0.559 bits per heavy atom. The Balaban J connectivity index is 0.840. The fraction of sp³-hybridized carbons (Fsp3) is 0.194. The van der Waals surface area contributed by atoms with Gasteiger partial charge in [0.2, 0.25) is 5.95 Å². The molecule has 5 aromatic heterocycles. The molecule has 6 heteroatoms. The first kappa shape index (κ1) is 38.4. The lowest BCUT2D eigenvalue weighted by Gasteiger charge is -2.25. The first-order chi connectivity index (χ1) is 33.7. The van der Waals surface area contributed by atoms with Crippen LogP contribution in [-0.2, 0) is 32.1 Å². The molecule has 1 atom stereocenters. The molecule has 0 saturated carbocycles. The van der Waals surface area contributed by atoms with Crippen LogP contribution in [0, 0.1) is 0 Å². The van der Waals surface area contributed by atoms with Crippen LogP contribution >= 0.6 is 0 Å². The SMILES string of the molecule is C1=Cc2c(c3c(n2-c2ccccc2)=CCC(n2c4c(c5ccccc52)C=C(C2=Cc5c6c(n(-c7nc(-c8cccc9c%10c(oc89)C=CCC%10)c8ccccc8n7)c5CC2)CCC=C6)CC4)C=3)CC1. The van der Waals surface area contributed by atoms with Crippen LogP contribution in [0.25, 0.3) is 98.2 Å². The second kappa shape index (κ2) is 14.9. The Hall–Kier alpha value is -7.70. The lowest BCUT2D eigenvalue weighted by atomic mass is 9.84. The summed E-state index contributed by atoms with van der Waals surface area (Å²) in [6, 6.07) is 35.3. The zero-order valence-electron chi connectivity index (χ0n) is 38.0.